The van der Waals surface area contributed by atoms with Gasteiger partial charge in [0.15, 0.2) is 0 Å². The first kappa shape index (κ1) is 17.3. The van der Waals surface area contributed by atoms with Crippen molar-refractivity contribution in [1.29, 1.82) is 0 Å². The van der Waals surface area contributed by atoms with Gasteiger partial charge in [-0.15, -0.1) is 0 Å². The average molecular weight is 351 g/mol. The third kappa shape index (κ3) is 3.32. The third-order valence-corrected chi connectivity index (χ3v) is 4.00. The van der Waals surface area contributed by atoms with Crippen LogP contribution in [0.4, 0.5) is 11.4 Å². The summed E-state index contributed by atoms with van der Waals surface area (Å²) in [5.41, 5.74) is 1.59. The summed E-state index contributed by atoms with van der Waals surface area (Å²) in [4.78, 5) is 38.1. The summed E-state index contributed by atoms with van der Waals surface area (Å²) in [6.45, 7) is 1.69. The van der Waals surface area contributed by atoms with Gasteiger partial charge in [-0.25, -0.2) is 4.79 Å². The Morgan fingerprint density at radius 2 is 1.73 bits per heavy atom. The van der Waals surface area contributed by atoms with E-state index in [4.69, 9.17) is 0 Å². The minimum atomic E-state index is -0.754. The van der Waals surface area contributed by atoms with Gasteiger partial charge in [-0.2, -0.15) is 0 Å². The standard InChI is InChI=1S/C19H17N3O4/c1-11-16-10-13(6-9-15(16)19(25)26-21-11)20-18(24)17(23)12-4-7-14(8-5-12)22(2)3/h4-10H,1-3H3,(H,20,24). The Morgan fingerprint density at radius 1 is 1.04 bits per heavy atom. The highest BCUT2D eigenvalue weighted by molar-refractivity contribution is 6.46. The number of anilines is 2. The number of Topliss-reactive ketones (excluding diaryl/α,β-unsaturated/α-hetero) is 1. The second-order valence-electron chi connectivity index (χ2n) is 6.04. The molecule has 0 aliphatic carbocycles. The maximum Gasteiger partial charge on any atom is 0.366 e. The van der Waals surface area contributed by atoms with Gasteiger partial charge in [-0.05, 0) is 49.4 Å². The average Bonchev–Trinajstić information content (AvgIpc) is 2.64. The molecule has 0 saturated heterocycles. The van der Waals surface area contributed by atoms with Gasteiger partial charge in [-0.3, -0.25) is 9.59 Å². The number of ketones is 1. The molecule has 0 saturated carbocycles. The van der Waals surface area contributed by atoms with Crippen molar-refractivity contribution in [2.24, 2.45) is 0 Å². The first-order chi connectivity index (χ1) is 12.4. The summed E-state index contributed by atoms with van der Waals surface area (Å²) in [6, 6.07) is 11.4. The number of carbonyl (C=O) groups excluding carboxylic acids is 2. The van der Waals surface area contributed by atoms with E-state index >= 15 is 0 Å². The van der Waals surface area contributed by atoms with Crippen molar-refractivity contribution >= 4 is 33.8 Å². The van der Waals surface area contributed by atoms with Crippen LogP contribution in [-0.4, -0.2) is 30.9 Å². The molecule has 0 bridgehead atoms. The molecule has 1 amide bonds. The predicted molar refractivity (Wildman–Crippen MR) is 98.7 cm³/mol. The highest BCUT2D eigenvalue weighted by Crippen LogP contribution is 2.19. The van der Waals surface area contributed by atoms with Crippen molar-refractivity contribution in [2.45, 2.75) is 6.92 Å². The topological polar surface area (TPSA) is 92.5 Å². The van der Waals surface area contributed by atoms with Gasteiger partial charge in [0.2, 0.25) is 0 Å². The highest BCUT2D eigenvalue weighted by Gasteiger charge is 2.17. The summed E-state index contributed by atoms with van der Waals surface area (Å²) < 4.78 is 4.66. The molecule has 7 heteroatoms. The molecule has 2 aromatic carbocycles. The molecule has 7 nitrogen and oxygen atoms in total. The molecule has 0 aliphatic rings. The van der Waals surface area contributed by atoms with Gasteiger partial charge < -0.3 is 14.7 Å². The van der Waals surface area contributed by atoms with Gasteiger partial charge in [0.1, 0.15) is 0 Å². The number of amides is 1. The van der Waals surface area contributed by atoms with Gasteiger partial charge in [-0.1, -0.05) is 5.16 Å². The quantitative estimate of drug-likeness (QED) is 0.573. The molecule has 0 unspecified atom stereocenters. The van der Waals surface area contributed by atoms with Crippen LogP contribution >= 0.6 is 0 Å². The van der Waals surface area contributed by atoms with E-state index in [0.29, 0.717) is 27.7 Å². The van der Waals surface area contributed by atoms with Crippen LogP contribution in [0.2, 0.25) is 0 Å². The lowest BCUT2D eigenvalue weighted by Crippen LogP contribution is -2.23. The number of hydrogen-bond acceptors (Lipinski definition) is 6. The highest BCUT2D eigenvalue weighted by atomic mass is 16.5. The van der Waals surface area contributed by atoms with Crippen LogP contribution in [-0.2, 0) is 4.79 Å². The van der Waals surface area contributed by atoms with E-state index in [0.717, 1.165) is 5.69 Å². The molecule has 1 N–H and O–H groups in total. The van der Waals surface area contributed by atoms with Gasteiger partial charge in [0.25, 0.3) is 11.7 Å². The Morgan fingerprint density at radius 3 is 2.38 bits per heavy atom. The number of hydrogen-bond donors (Lipinski definition) is 1. The Hall–Kier alpha value is -3.48. The molecule has 0 spiro atoms. The number of benzene rings is 2. The maximum atomic E-state index is 12.3. The molecule has 0 radical (unpaired) electrons. The zero-order chi connectivity index (χ0) is 18.8. The van der Waals surface area contributed by atoms with Crippen molar-refractivity contribution in [3.8, 4) is 0 Å². The molecular formula is C19H17N3O4. The second-order valence-corrected chi connectivity index (χ2v) is 6.04. The van der Waals surface area contributed by atoms with Gasteiger partial charge in [0.05, 0.1) is 11.1 Å². The van der Waals surface area contributed by atoms with Crippen molar-refractivity contribution < 1.29 is 14.1 Å². The molecule has 1 heterocycles. The smallest absolute Gasteiger partial charge is 0.366 e. The largest absolute Gasteiger partial charge is 0.378 e. The van der Waals surface area contributed by atoms with E-state index in [-0.39, 0.29) is 0 Å². The SMILES string of the molecule is Cc1noc(=O)c2ccc(NC(=O)C(=O)c3ccc(N(C)C)cc3)cc12. The Kier molecular flexibility index (Phi) is 4.53. The van der Waals surface area contributed by atoms with Gasteiger partial charge in [0, 0.05) is 36.4 Å². The minimum absolute atomic E-state index is 0.299. The van der Waals surface area contributed by atoms with Crippen LogP contribution in [0.3, 0.4) is 0 Å². The monoisotopic (exact) mass is 351 g/mol. The van der Waals surface area contributed by atoms with Crippen molar-refractivity contribution in [3.05, 3.63) is 64.1 Å². The van der Waals surface area contributed by atoms with Crippen LogP contribution in [0.15, 0.2) is 51.8 Å². The Bertz CT molecular complexity index is 1050. The summed E-state index contributed by atoms with van der Waals surface area (Å²) >= 11 is 0. The summed E-state index contributed by atoms with van der Waals surface area (Å²) in [5.74, 6) is -1.40. The van der Waals surface area contributed by atoms with Crippen molar-refractivity contribution in [1.82, 2.24) is 5.16 Å². The number of rotatable bonds is 4. The molecule has 0 atom stereocenters. The third-order valence-electron chi connectivity index (χ3n) is 4.00. The van der Waals surface area contributed by atoms with Crippen LogP contribution < -0.4 is 15.8 Å². The van der Waals surface area contributed by atoms with Crippen LogP contribution in [0.5, 0.6) is 0 Å². The Balaban J connectivity index is 1.83. The Labute approximate surface area is 149 Å². The summed E-state index contributed by atoms with van der Waals surface area (Å²) in [6.07, 6.45) is 0. The number of fused-ring (bicyclic) bond motifs is 1. The molecule has 3 aromatic rings. The lowest BCUT2D eigenvalue weighted by atomic mass is 10.1. The number of nitrogens with one attached hydrogen (secondary N) is 1. The second kappa shape index (κ2) is 6.79. The van der Waals surface area contributed by atoms with Crippen LogP contribution in [0, 0.1) is 6.92 Å². The molecule has 3 rings (SSSR count). The fraction of sp³-hybridized carbons (Fsp3) is 0.158. The molecule has 0 fully saturated rings. The fourth-order valence-electron chi connectivity index (χ4n) is 2.54. The molecular weight excluding hydrogens is 334 g/mol. The number of aromatic nitrogens is 1. The van der Waals surface area contributed by atoms with Crippen molar-refractivity contribution in [2.75, 3.05) is 24.3 Å². The number of nitrogens with zero attached hydrogens (tertiary/aromatic N) is 2. The van der Waals surface area contributed by atoms with Gasteiger partial charge >= 0.3 is 5.63 Å². The summed E-state index contributed by atoms with van der Waals surface area (Å²) in [7, 11) is 3.78. The van der Waals surface area contributed by atoms with E-state index in [1.54, 1.807) is 43.3 Å². The fourth-order valence-corrected chi connectivity index (χ4v) is 2.54. The molecule has 132 valence electrons. The molecule has 1 aromatic heterocycles. The van der Waals surface area contributed by atoms with Crippen LogP contribution in [0.1, 0.15) is 16.1 Å². The zero-order valence-electron chi connectivity index (χ0n) is 14.6. The maximum absolute atomic E-state index is 12.3. The minimum Gasteiger partial charge on any atom is -0.378 e. The first-order valence-corrected chi connectivity index (χ1v) is 7.90. The van der Waals surface area contributed by atoms with E-state index in [1.165, 1.54) is 6.07 Å². The first-order valence-electron chi connectivity index (χ1n) is 7.90. The lowest BCUT2D eigenvalue weighted by molar-refractivity contribution is -0.112. The zero-order valence-corrected chi connectivity index (χ0v) is 14.6. The normalized spacial score (nSPS) is 10.6. The van der Waals surface area contributed by atoms with E-state index in [1.807, 2.05) is 19.0 Å². The molecule has 0 aliphatic heterocycles. The number of aryl methyl sites for hydroxylation is 1. The van der Waals surface area contributed by atoms with E-state index in [9.17, 15) is 14.4 Å². The van der Waals surface area contributed by atoms with Crippen molar-refractivity contribution in [3.63, 3.8) is 0 Å². The van der Waals surface area contributed by atoms with E-state index in [2.05, 4.69) is 15.0 Å². The predicted octanol–water partition coefficient (Wildman–Crippen LogP) is 2.38. The molecule has 26 heavy (non-hydrogen) atoms. The summed E-state index contributed by atoms with van der Waals surface area (Å²) in [5, 5.41) is 7.14. The van der Waals surface area contributed by atoms with Crippen LogP contribution in [0.25, 0.3) is 10.8 Å². The van der Waals surface area contributed by atoms with E-state index < -0.39 is 17.3 Å². The number of carbonyl (C=O) groups is 2. The lowest BCUT2D eigenvalue weighted by Gasteiger charge is -2.12.